The summed E-state index contributed by atoms with van der Waals surface area (Å²) in [6.45, 7) is -0.489. The zero-order valence-corrected chi connectivity index (χ0v) is 22.1. The molecule has 0 spiro atoms. The van der Waals surface area contributed by atoms with Crippen molar-refractivity contribution in [1.29, 1.82) is 0 Å². The molecule has 0 atom stereocenters. The number of nitro benzene ring substituents is 1. The first-order valence-electron chi connectivity index (χ1n) is 11.3. The first kappa shape index (κ1) is 27.9. The number of carbonyl (C=O) groups excluding carboxylic acids is 4. The van der Waals surface area contributed by atoms with Gasteiger partial charge < -0.3 is 14.8 Å². The maximum Gasteiger partial charge on any atom is 0.335 e. The van der Waals surface area contributed by atoms with Gasteiger partial charge in [0.25, 0.3) is 23.4 Å². The summed E-state index contributed by atoms with van der Waals surface area (Å²) in [5.41, 5.74) is -0.346. The number of nitro groups is 1. The van der Waals surface area contributed by atoms with Crippen molar-refractivity contribution < 1.29 is 38.0 Å². The molecule has 0 bridgehead atoms. The van der Waals surface area contributed by atoms with Crippen molar-refractivity contribution in [1.82, 2.24) is 5.32 Å². The molecule has 12 nitrogen and oxygen atoms in total. The number of amides is 5. The van der Waals surface area contributed by atoms with Crippen LogP contribution in [0.5, 0.6) is 11.5 Å². The van der Waals surface area contributed by atoms with Crippen molar-refractivity contribution >= 4 is 62.8 Å². The lowest BCUT2D eigenvalue weighted by Crippen LogP contribution is -2.54. The van der Waals surface area contributed by atoms with Crippen molar-refractivity contribution in [3.8, 4) is 11.5 Å². The van der Waals surface area contributed by atoms with Gasteiger partial charge in [0.15, 0.2) is 18.1 Å². The third-order valence-corrected chi connectivity index (χ3v) is 6.07. The van der Waals surface area contributed by atoms with Gasteiger partial charge in [-0.3, -0.25) is 29.8 Å². The van der Waals surface area contributed by atoms with Gasteiger partial charge in [-0.1, -0.05) is 12.1 Å². The van der Waals surface area contributed by atoms with E-state index in [1.165, 1.54) is 55.7 Å². The van der Waals surface area contributed by atoms with Crippen LogP contribution in [0.15, 0.2) is 70.7 Å². The highest BCUT2D eigenvalue weighted by Crippen LogP contribution is 2.37. The predicted octanol–water partition coefficient (Wildman–Crippen LogP) is 4.19. The number of rotatable bonds is 8. The third-order valence-electron chi connectivity index (χ3n) is 5.48. The van der Waals surface area contributed by atoms with Gasteiger partial charge in [-0.15, -0.1) is 0 Å². The summed E-state index contributed by atoms with van der Waals surface area (Å²) in [4.78, 5) is 61.3. The van der Waals surface area contributed by atoms with Crippen molar-refractivity contribution in [2.45, 2.75) is 0 Å². The van der Waals surface area contributed by atoms with Gasteiger partial charge in [0.05, 0.1) is 27.9 Å². The Hall–Kier alpha value is -5.11. The Morgan fingerprint density at radius 3 is 2.50 bits per heavy atom. The molecule has 1 saturated heterocycles. The van der Waals surface area contributed by atoms with E-state index in [1.54, 1.807) is 6.07 Å². The lowest BCUT2D eigenvalue weighted by Gasteiger charge is -2.26. The molecule has 0 saturated carbocycles. The van der Waals surface area contributed by atoms with Crippen LogP contribution in [0.25, 0.3) is 6.08 Å². The molecule has 2 N–H and O–H groups in total. The lowest BCUT2D eigenvalue weighted by atomic mass is 10.1. The molecule has 0 radical (unpaired) electrons. The fourth-order valence-electron chi connectivity index (χ4n) is 3.63. The number of anilines is 2. The molecule has 3 aromatic carbocycles. The van der Waals surface area contributed by atoms with Gasteiger partial charge >= 0.3 is 6.03 Å². The largest absolute Gasteiger partial charge is 0.493 e. The standard InChI is InChI=1S/C26H18BrFN4O8/c1-39-21-12-14(11-18(27)23(21)40-13-22(33)29-20-5-3-2-4-19(20)28)10-17-24(34)30-26(36)31(25(17)35)15-6-8-16(9-7-15)32(37)38/h2-12H,13H2,1H3,(H,29,33)(H,30,34,36)/b17-10-. The van der Waals surface area contributed by atoms with E-state index in [2.05, 4.69) is 26.6 Å². The van der Waals surface area contributed by atoms with Crippen molar-refractivity contribution in [2.24, 2.45) is 0 Å². The Bertz CT molecular complexity index is 1580. The maximum atomic E-state index is 13.8. The fraction of sp³-hybridized carbons (Fsp3) is 0.0769. The van der Waals surface area contributed by atoms with Crippen LogP contribution in [-0.2, 0) is 14.4 Å². The Kier molecular flexibility index (Phi) is 8.19. The van der Waals surface area contributed by atoms with Crippen molar-refractivity contribution in [3.63, 3.8) is 0 Å². The van der Waals surface area contributed by atoms with E-state index < -0.39 is 46.7 Å². The fourth-order valence-corrected chi connectivity index (χ4v) is 4.21. The van der Waals surface area contributed by atoms with Gasteiger partial charge in [-0.2, -0.15) is 0 Å². The average Bonchev–Trinajstić information content (AvgIpc) is 2.91. The summed E-state index contributed by atoms with van der Waals surface area (Å²) in [7, 11) is 1.33. The van der Waals surface area contributed by atoms with Crippen LogP contribution in [-0.4, -0.2) is 42.4 Å². The number of para-hydroxylation sites is 1. The van der Waals surface area contributed by atoms with Crippen LogP contribution >= 0.6 is 15.9 Å². The second-order valence-electron chi connectivity index (χ2n) is 8.08. The minimum Gasteiger partial charge on any atom is -0.493 e. The van der Waals surface area contributed by atoms with Crippen molar-refractivity contribution in [2.75, 3.05) is 23.9 Å². The van der Waals surface area contributed by atoms with Crippen LogP contribution in [0.3, 0.4) is 0 Å². The second-order valence-corrected chi connectivity index (χ2v) is 8.94. The minimum atomic E-state index is -1.02. The van der Waals surface area contributed by atoms with Crippen LogP contribution in [0.1, 0.15) is 5.56 Å². The average molecular weight is 613 g/mol. The molecule has 1 fully saturated rings. The maximum absolute atomic E-state index is 13.8. The summed E-state index contributed by atoms with van der Waals surface area (Å²) in [5, 5.41) is 15.4. The molecule has 1 aliphatic heterocycles. The predicted molar refractivity (Wildman–Crippen MR) is 143 cm³/mol. The van der Waals surface area contributed by atoms with E-state index in [1.807, 2.05) is 0 Å². The first-order chi connectivity index (χ1) is 19.1. The number of nitrogens with zero attached hydrogens (tertiary/aromatic N) is 2. The highest BCUT2D eigenvalue weighted by molar-refractivity contribution is 9.10. The lowest BCUT2D eigenvalue weighted by molar-refractivity contribution is -0.384. The topological polar surface area (TPSA) is 157 Å². The van der Waals surface area contributed by atoms with Crippen LogP contribution in [0.4, 0.5) is 26.2 Å². The number of methoxy groups -OCH3 is 1. The number of hydrogen-bond donors (Lipinski definition) is 2. The summed E-state index contributed by atoms with van der Waals surface area (Å²) < 4.78 is 25.0. The molecule has 0 unspecified atom stereocenters. The number of imide groups is 2. The molecular weight excluding hydrogens is 595 g/mol. The summed E-state index contributed by atoms with van der Waals surface area (Å²) in [6.07, 6.45) is 1.21. The van der Waals surface area contributed by atoms with Gasteiger partial charge in [0, 0.05) is 12.1 Å². The molecule has 0 aliphatic carbocycles. The van der Waals surface area contributed by atoms with Gasteiger partial charge in [0.1, 0.15) is 11.4 Å². The van der Waals surface area contributed by atoms with Crippen LogP contribution in [0.2, 0.25) is 0 Å². The number of urea groups is 1. The zero-order valence-electron chi connectivity index (χ0n) is 20.5. The van der Waals surface area contributed by atoms with Gasteiger partial charge in [-0.25, -0.2) is 14.1 Å². The molecule has 1 heterocycles. The SMILES string of the molecule is COc1cc(/C=C2/C(=O)NC(=O)N(c3ccc([N+](=O)[O-])cc3)C2=O)cc(Br)c1OCC(=O)Nc1ccccc1F. The third kappa shape index (κ3) is 5.96. The highest BCUT2D eigenvalue weighted by atomic mass is 79.9. The first-order valence-corrected chi connectivity index (χ1v) is 12.1. The molecule has 1 aliphatic rings. The number of nitrogens with one attached hydrogen (secondary N) is 2. The number of barbiturate groups is 1. The quantitative estimate of drug-likeness (QED) is 0.166. The highest BCUT2D eigenvalue weighted by Gasteiger charge is 2.37. The molecule has 0 aromatic heterocycles. The molecule has 3 aromatic rings. The number of non-ortho nitro benzene ring substituents is 1. The second kappa shape index (κ2) is 11.7. The van der Waals surface area contributed by atoms with E-state index in [0.717, 1.165) is 12.1 Å². The number of halogens is 2. The Balaban J connectivity index is 1.56. The Labute approximate surface area is 233 Å². The molecule has 5 amide bonds. The Morgan fingerprint density at radius 1 is 1.15 bits per heavy atom. The number of ether oxygens (including phenoxy) is 2. The number of hydrogen-bond acceptors (Lipinski definition) is 8. The number of carbonyl (C=O) groups is 4. The zero-order chi connectivity index (χ0) is 29.0. The van der Waals surface area contributed by atoms with E-state index in [4.69, 9.17) is 9.47 Å². The molecule has 4 rings (SSSR count). The van der Waals surface area contributed by atoms with Crippen LogP contribution in [0, 0.1) is 15.9 Å². The summed E-state index contributed by atoms with van der Waals surface area (Å²) >= 11 is 3.31. The molecule has 40 heavy (non-hydrogen) atoms. The summed E-state index contributed by atoms with van der Waals surface area (Å²) in [6, 6.07) is 12.2. The normalized spacial score (nSPS) is 14.1. The van der Waals surface area contributed by atoms with E-state index in [0.29, 0.717) is 14.9 Å². The van der Waals surface area contributed by atoms with E-state index in [-0.39, 0.29) is 28.6 Å². The van der Waals surface area contributed by atoms with Gasteiger partial charge in [0.2, 0.25) is 0 Å². The Morgan fingerprint density at radius 2 is 1.85 bits per heavy atom. The minimum absolute atomic E-state index is 0.0132. The van der Waals surface area contributed by atoms with Crippen LogP contribution < -0.4 is 25.0 Å². The summed E-state index contributed by atoms with van der Waals surface area (Å²) in [5.74, 6) is -2.90. The van der Waals surface area contributed by atoms with Crippen molar-refractivity contribution in [3.05, 3.63) is 92.2 Å². The van der Waals surface area contributed by atoms with Gasteiger partial charge in [-0.05, 0) is 64.0 Å². The smallest absolute Gasteiger partial charge is 0.335 e. The van der Waals surface area contributed by atoms with E-state index >= 15 is 0 Å². The molecule has 204 valence electrons. The van der Waals surface area contributed by atoms with E-state index in [9.17, 15) is 33.7 Å². The molecule has 14 heteroatoms. The number of benzene rings is 3. The monoisotopic (exact) mass is 612 g/mol. The molecular formula is C26H18BrFN4O8.